The Morgan fingerprint density at radius 2 is 2.21 bits per heavy atom. The Morgan fingerprint density at radius 3 is 2.95 bits per heavy atom. The van der Waals surface area contributed by atoms with Gasteiger partial charge in [0.05, 0.1) is 10.5 Å². The van der Waals surface area contributed by atoms with E-state index < -0.39 is 11.6 Å². The van der Waals surface area contributed by atoms with Gasteiger partial charge in [-0.1, -0.05) is 5.16 Å². The molecule has 1 saturated heterocycles. The first kappa shape index (κ1) is 12.7. The molecule has 3 rings (SSSR count). The molecule has 1 N–H and O–H groups in total. The predicted molar refractivity (Wildman–Crippen MR) is 67.3 cm³/mol. The van der Waals surface area contributed by atoms with Crippen LogP contribution in [0.15, 0.2) is 21.1 Å². The smallest absolute Gasteiger partial charge is 0.244 e. The summed E-state index contributed by atoms with van der Waals surface area (Å²) in [7, 11) is 0. The molecule has 0 bridgehead atoms. The second-order valence-corrected chi connectivity index (χ2v) is 5.12. The van der Waals surface area contributed by atoms with Gasteiger partial charge in [0.2, 0.25) is 11.7 Å². The van der Waals surface area contributed by atoms with Gasteiger partial charge in [0, 0.05) is 5.56 Å². The molecule has 19 heavy (non-hydrogen) atoms. The van der Waals surface area contributed by atoms with E-state index in [1.54, 1.807) is 0 Å². The normalized spacial score (nSPS) is 19.0. The van der Waals surface area contributed by atoms with Crippen molar-refractivity contribution in [3.05, 3.63) is 34.1 Å². The van der Waals surface area contributed by atoms with Gasteiger partial charge in [-0.05, 0) is 47.4 Å². The van der Waals surface area contributed by atoms with Crippen LogP contribution in [-0.2, 0) is 0 Å². The number of nitrogens with zero attached hydrogens (tertiary/aromatic N) is 2. The van der Waals surface area contributed by atoms with Crippen LogP contribution in [-0.4, -0.2) is 16.7 Å². The average molecular weight is 330 g/mol. The molecule has 1 aromatic heterocycles. The molecule has 1 fully saturated rings. The highest BCUT2D eigenvalue weighted by Gasteiger charge is 2.24. The van der Waals surface area contributed by atoms with Gasteiger partial charge in [0.25, 0.3) is 0 Å². The lowest BCUT2D eigenvalue weighted by molar-refractivity contribution is 0.345. The molecule has 0 unspecified atom stereocenters. The number of hydrogen-bond donors (Lipinski definition) is 1. The summed E-state index contributed by atoms with van der Waals surface area (Å²) in [6.45, 7) is 0.914. The molecular weight excluding hydrogens is 320 g/mol. The fourth-order valence-corrected chi connectivity index (χ4v) is 2.58. The topological polar surface area (TPSA) is 51.0 Å². The van der Waals surface area contributed by atoms with Crippen LogP contribution in [0.5, 0.6) is 0 Å². The zero-order valence-electron chi connectivity index (χ0n) is 9.79. The minimum Gasteiger partial charge on any atom is -0.337 e. The van der Waals surface area contributed by atoms with Crippen LogP contribution in [0.1, 0.15) is 24.8 Å². The first-order chi connectivity index (χ1) is 9.16. The fourth-order valence-electron chi connectivity index (χ4n) is 2.08. The van der Waals surface area contributed by atoms with Crippen LogP contribution >= 0.6 is 15.9 Å². The van der Waals surface area contributed by atoms with Crippen molar-refractivity contribution in [2.45, 2.75) is 18.9 Å². The molecule has 0 aliphatic carbocycles. The SMILES string of the molecule is Fc1ccc(-c2noc([C@@H]3CCCN3)n2)c(Br)c1F. The Morgan fingerprint density at radius 1 is 1.37 bits per heavy atom. The maximum absolute atomic E-state index is 13.5. The summed E-state index contributed by atoms with van der Waals surface area (Å²) < 4.78 is 31.7. The maximum Gasteiger partial charge on any atom is 0.244 e. The summed E-state index contributed by atoms with van der Waals surface area (Å²) in [6, 6.07) is 2.50. The van der Waals surface area contributed by atoms with E-state index in [4.69, 9.17) is 4.52 Å². The minimum atomic E-state index is -0.956. The third kappa shape index (κ3) is 2.28. The second kappa shape index (κ2) is 4.97. The summed E-state index contributed by atoms with van der Waals surface area (Å²) in [5.41, 5.74) is 0.367. The minimum absolute atomic E-state index is 0.000712. The van der Waals surface area contributed by atoms with E-state index in [0.29, 0.717) is 11.5 Å². The Kier molecular flexibility index (Phi) is 3.32. The van der Waals surface area contributed by atoms with Crippen LogP contribution in [0.25, 0.3) is 11.4 Å². The molecule has 1 atom stereocenters. The van der Waals surface area contributed by atoms with E-state index in [0.717, 1.165) is 25.5 Å². The summed E-state index contributed by atoms with van der Waals surface area (Å²) in [5, 5.41) is 7.05. The number of aromatic nitrogens is 2. The molecule has 2 aromatic rings. The molecular formula is C12H10BrF2N3O. The van der Waals surface area contributed by atoms with Crippen molar-refractivity contribution < 1.29 is 13.3 Å². The van der Waals surface area contributed by atoms with Gasteiger partial charge in [0.1, 0.15) is 0 Å². The average Bonchev–Trinajstić information content (AvgIpc) is 3.06. The van der Waals surface area contributed by atoms with Crippen molar-refractivity contribution in [3.8, 4) is 11.4 Å². The molecule has 4 nitrogen and oxygen atoms in total. The van der Waals surface area contributed by atoms with Crippen molar-refractivity contribution in [2.75, 3.05) is 6.54 Å². The van der Waals surface area contributed by atoms with Gasteiger partial charge in [-0.15, -0.1) is 0 Å². The lowest BCUT2D eigenvalue weighted by atomic mass is 10.2. The fraction of sp³-hybridized carbons (Fsp3) is 0.333. The highest BCUT2D eigenvalue weighted by molar-refractivity contribution is 9.10. The summed E-state index contributed by atoms with van der Waals surface area (Å²) in [6.07, 6.45) is 1.98. The van der Waals surface area contributed by atoms with E-state index >= 15 is 0 Å². The van der Waals surface area contributed by atoms with Crippen LogP contribution in [0.4, 0.5) is 8.78 Å². The quantitative estimate of drug-likeness (QED) is 0.859. The third-order valence-electron chi connectivity index (χ3n) is 3.08. The zero-order valence-corrected chi connectivity index (χ0v) is 11.4. The molecule has 100 valence electrons. The molecule has 1 aliphatic heterocycles. The van der Waals surface area contributed by atoms with E-state index in [-0.39, 0.29) is 16.3 Å². The highest BCUT2D eigenvalue weighted by atomic mass is 79.9. The highest BCUT2D eigenvalue weighted by Crippen LogP contribution is 2.31. The molecule has 1 aromatic carbocycles. The molecule has 0 radical (unpaired) electrons. The van der Waals surface area contributed by atoms with Crippen molar-refractivity contribution >= 4 is 15.9 Å². The Bertz CT molecular complexity index is 611. The predicted octanol–water partition coefficient (Wildman–Crippen LogP) is 3.20. The first-order valence-corrected chi connectivity index (χ1v) is 6.67. The standard InChI is InChI=1S/C12H10BrF2N3O/c13-9-6(3-4-7(14)10(9)15)11-17-12(19-18-11)8-2-1-5-16-8/h3-4,8,16H,1-2,5H2/t8-/m0/s1. The number of rotatable bonds is 2. The Labute approximate surface area is 116 Å². The van der Waals surface area contributed by atoms with Crippen LogP contribution in [0, 0.1) is 11.6 Å². The van der Waals surface area contributed by atoms with Gasteiger partial charge in [-0.2, -0.15) is 4.98 Å². The van der Waals surface area contributed by atoms with E-state index in [9.17, 15) is 8.78 Å². The molecule has 7 heteroatoms. The second-order valence-electron chi connectivity index (χ2n) is 4.33. The van der Waals surface area contributed by atoms with E-state index in [2.05, 4.69) is 31.4 Å². The first-order valence-electron chi connectivity index (χ1n) is 5.87. The number of benzene rings is 1. The van der Waals surface area contributed by atoms with Gasteiger partial charge < -0.3 is 9.84 Å². The Balaban J connectivity index is 1.96. The van der Waals surface area contributed by atoms with Crippen LogP contribution in [0.3, 0.4) is 0 Å². The molecule has 0 saturated carbocycles. The van der Waals surface area contributed by atoms with Crippen LogP contribution < -0.4 is 5.32 Å². The lowest BCUT2D eigenvalue weighted by Gasteiger charge is -2.02. The van der Waals surface area contributed by atoms with Crippen molar-refractivity contribution in [3.63, 3.8) is 0 Å². The number of hydrogen-bond acceptors (Lipinski definition) is 4. The van der Waals surface area contributed by atoms with Crippen molar-refractivity contribution in [1.82, 2.24) is 15.5 Å². The van der Waals surface area contributed by atoms with Crippen molar-refractivity contribution in [1.29, 1.82) is 0 Å². The van der Waals surface area contributed by atoms with E-state index in [1.165, 1.54) is 6.07 Å². The van der Waals surface area contributed by atoms with Gasteiger partial charge in [-0.25, -0.2) is 8.78 Å². The monoisotopic (exact) mass is 329 g/mol. The van der Waals surface area contributed by atoms with Crippen molar-refractivity contribution in [2.24, 2.45) is 0 Å². The van der Waals surface area contributed by atoms with Gasteiger partial charge >= 0.3 is 0 Å². The number of nitrogens with one attached hydrogen (secondary N) is 1. The van der Waals surface area contributed by atoms with Crippen LogP contribution in [0.2, 0.25) is 0 Å². The lowest BCUT2D eigenvalue weighted by Crippen LogP contribution is -2.12. The zero-order chi connectivity index (χ0) is 13.4. The van der Waals surface area contributed by atoms with Gasteiger partial charge in [-0.3, -0.25) is 0 Å². The maximum atomic E-state index is 13.5. The summed E-state index contributed by atoms with van der Waals surface area (Å²) in [5.74, 6) is -1.15. The van der Waals surface area contributed by atoms with Gasteiger partial charge in [0.15, 0.2) is 11.6 Å². The van der Waals surface area contributed by atoms with E-state index in [1.807, 2.05) is 0 Å². The molecule has 0 spiro atoms. The third-order valence-corrected chi connectivity index (χ3v) is 3.85. The summed E-state index contributed by atoms with van der Waals surface area (Å²) in [4.78, 5) is 4.23. The molecule has 2 heterocycles. The largest absolute Gasteiger partial charge is 0.337 e. The molecule has 1 aliphatic rings. The summed E-state index contributed by atoms with van der Waals surface area (Å²) >= 11 is 3.01. The molecule has 0 amide bonds. The number of halogens is 3. The Hall–Kier alpha value is -1.34.